The Morgan fingerprint density at radius 1 is 1.19 bits per heavy atom. The fraction of sp³-hybridized carbons (Fsp3) is 0.588. The lowest BCUT2D eigenvalue weighted by Crippen LogP contribution is -2.39. The van der Waals surface area contributed by atoms with Crippen LogP contribution in [0.2, 0.25) is 0 Å². The van der Waals surface area contributed by atoms with E-state index < -0.39 is 0 Å². The van der Waals surface area contributed by atoms with Gasteiger partial charge in [-0.1, -0.05) is 32.9 Å². The first kappa shape index (κ1) is 15.7. The fourth-order valence-electron chi connectivity index (χ4n) is 2.41. The molecular formula is C17H26N2O2. The highest BCUT2D eigenvalue weighted by Gasteiger charge is 2.17. The van der Waals surface area contributed by atoms with Crippen LogP contribution in [0.4, 0.5) is 4.79 Å². The van der Waals surface area contributed by atoms with Crippen LogP contribution in [-0.2, 0) is 5.41 Å². The summed E-state index contributed by atoms with van der Waals surface area (Å²) in [6.07, 6.45) is 2.23. The van der Waals surface area contributed by atoms with Gasteiger partial charge in [-0.2, -0.15) is 0 Å². The van der Waals surface area contributed by atoms with E-state index in [2.05, 4.69) is 38.2 Å². The number of nitrogens with one attached hydrogen (secondary N) is 1. The maximum Gasteiger partial charge on any atom is 0.317 e. The maximum absolute atomic E-state index is 11.8. The largest absolute Gasteiger partial charge is 0.492 e. The van der Waals surface area contributed by atoms with Gasteiger partial charge in [-0.15, -0.1) is 0 Å². The van der Waals surface area contributed by atoms with Gasteiger partial charge in [-0.3, -0.25) is 0 Å². The topological polar surface area (TPSA) is 41.6 Å². The molecule has 1 saturated heterocycles. The molecule has 1 aromatic rings. The highest BCUT2D eigenvalue weighted by Crippen LogP contribution is 2.24. The van der Waals surface area contributed by atoms with E-state index in [-0.39, 0.29) is 11.4 Å². The van der Waals surface area contributed by atoms with Crippen LogP contribution < -0.4 is 10.1 Å². The Balaban J connectivity index is 1.70. The molecule has 0 atom stereocenters. The van der Waals surface area contributed by atoms with E-state index in [1.165, 1.54) is 5.56 Å². The number of rotatable bonds is 4. The molecule has 0 spiro atoms. The number of hydrogen-bond donors (Lipinski definition) is 1. The van der Waals surface area contributed by atoms with Gasteiger partial charge in [0.1, 0.15) is 12.4 Å². The van der Waals surface area contributed by atoms with Crippen LogP contribution >= 0.6 is 0 Å². The quantitative estimate of drug-likeness (QED) is 0.865. The second-order valence-corrected chi connectivity index (χ2v) is 6.55. The Labute approximate surface area is 127 Å². The first-order chi connectivity index (χ1) is 9.97. The summed E-state index contributed by atoms with van der Waals surface area (Å²) in [5.41, 5.74) is 1.44. The van der Waals surface area contributed by atoms with E-state index in [1.54, 1.807) is 0 Å². The molecule has 1 fully saturated rings. The van der Waals surface area contributed by atoms with Crippen molar-refractivity contribution in [1.29, 1.82) is 0 Å². The Morgan fingerprint density at radius 3 is 2.38 bits per heavy atom. The average molecular weight is 290 g/mol. The summed E-state index contributed by atoms with van der Waals surface area (Å²) in [6.45, 7) is 9.36. The molecule has 1 aromatic carbocycles. The highest BCUT2D eigenvalue weighted by atomic mass is 16.5. The van der Waals surface area contributed by atoms with Crippen LogP contribution in [0.3, 0.4) is 0 Å². The molecule has 1 N–H and O–H groups in total. The average Bonchev–Trinajstić information content (AvgIpc) is 2.97. The number of ether oxygens (including phenoxy) is 1. The smallest absolute Gasteiger partial charge is 0.317 e. The van der Waals surface area contributed by atoms with Crippen molar-refractivity contribution in [2.75, 3.05) is 26.2 Å². The van der Waals surface area contributed by atoms with Gasteiger partial charge in [0.2, 0.25) is 0 Å². The van der Waals surface area contributed by atoms with Crippen LogP contribution in [0.5, 0.6) is 5.75 Å². The highest BCUT2D eigenvalue weighted by molar-refractivity contribution is 5.74. The van der Waals surface area contributed by atoms with E-state index in [0.29, 0.717) is 13.2 Å². The number of hydrogen-bond acceptors (Lipinski definition) is 2. The van der Waals surface area contributed by atoms with Crippen molar-refractivity contribution >= 4 is 6.03 Å². The first-order valence-electron chi connectivity index (χ1n) is 7.73. The lowest BCUT2D eigenvalue weighted by atomic mass is 9.87. The van der Waals surface area contributed by atoms with Crippen LogP contribution in [-0.4, -0.2) is 37.2 Å². The molecular weight excluding hydrogens is 264 g/mol. The van der Waals surface area contributed by atoms with E-state index in [4.69, 9.17) is 4.74 Å². The summed E-state index contributed by atoms with van der Waals surface area (Å²) >= 11 is 0. The van der Waals surface area contributed by atoms with Crippen LogP contribution in [0.15, 0.2) is 24.3 Å². The molecule has 1 aliphatic rings. The van der Waals surface area contributed by atoms with E-state index in [1.807, 2.05) is 17.0 Å². The Hall–Kier alpha value is -1.71. The Kier molecular flexibility index (Phi) is 5.10. The van der Waals surface area contributed by atoms with Crippen molar-refractivity contribution in [3.63, 3.8) is 0 Å². The summed E-state index contributed by atoms with van der Waals surface area (Å²) in [6, 6.07) is 8.20. The summed E-state index contributed by atoms with van der Waals surface area (Å²) in [4.78, 5) is 13.6. The minimum Gasteiger partial charge on any atom is -0.492 e. The zero-order valence-electron chi connectivity index (χ0n) is 13.3. The predicted molar refractivity (Wildman–Crippen MR) is 84.8 cm³/mol. The molecule has 0 aromatic heterocycles. The van der Waals surface area contributed by atoms with Gasteiger partial charge in [0.25, 0.3) is 0 Å². The predicted octanol–water partition coefficient (Wildman–Crippen LogP) is 3.17. The van der Waals surface area contributed by atoms with Gasteiger partial charge >= 0.3 is 6.03 Å². The van der Waals surface area contributed by atoms with Crippen molar-refractivity contribution in [3.05, 3.63) is 29.8 Å². The molecule has 0 bridgehead atoms. The third kappa shape index (κ3) is 4.66. The van der Waals surface area contributed by atoms with Crippen LogP contribution in [0.1, 0.15) is 39.2 Å². The zero-order valence-corrected chi connectivity index (χ0v) is 13.3. The molecule has 0 aliphatic carbocycles. The molecule has 1 heterocycles. The molecule has 21 heavy (non-hydrogen) atoms. The van der Waals surface area contributed by atoms with Gasteiger partial charge in [0.05, 0.1) is 6.54 Å². The third-order valence-corrected chi connectivity index (χ3v) is 3.76. The van der Waals surface area contributed by atoms with Gasteiger partial charge in [-0.25, -0.2) is 4.79 Å². The molecule has 116 valence electrons. The summed E-state index contributed by atoms with van der Waals surface area (Å²) in [5, 5.41) is 2.89. The van der Waals surface area contributed by atoms with Crippen molar-refractivity contribution < 1.29 is 9.53 Å². The molecule has 0 unspecified atom stereocenters. The van der Waals surface area contributed by atoms with Gasteiger partial charge in [0, 0.05) is 13.1 Å². The second kappa shape index (κ2) is 6.83. The van der Waals surface area contributed by atoms with E-state index in [9.17, 15) is 4.79 Å². The van der Waals surface area contributed by atoms with Gasteiger partial charge in [-0.05, 0) is 36.0 Å². The molecule has 2 rings (SSSR count). The summed E-state index contributed by atoms with van der Waals surface area (Å²) in [7, 11) is 0. The number of carbonyl (C=O) groups excluding carboxylic acids is 1. The minimum absolute atomic E-state index is 0.0270. The first-order valence-corrected chi connectivity index (χ1v) is 7.73. The molecule has 1 aliphatic heterocycles. The van der Waals surface area contributed by atoms with Crippen LogP contribution in [0, 0.1) is 0 Å². The van der Waals surface area contributed by atoms with E-state index >= 15 is 0 Å². The van der Waals surface area contributed by atoms with Crippen LogP contribution in [0.25, 0.3) is 0 Å². The standard InChI is InChI=1S/C17H26N2O2/c1-17(2,3)14-6-8-15(9-7-14)21-13-10-18-16(20)19-11-4-5-12-19/h6-9H,4-5,10-13H2,1-3H3,(H,18,20). The molecule has 0 radical (unpaired) electrons. The number of urea groups is 1. The minimum atomic E-state index is 0.0270. The number of amides is 2. The van der Waals surface area contributed by atoms with Crippen molar-refractivity contribution in [3.8, 4) is 5.75 Å². The molecule has 2 amide bonds. The van der Waals surface area contributed by atoms with Crippen molar-refractivity contribution in [1.82, 2.24) is 10.2 Å². The summed E-state index contributed by atoms with van der Waals surface area (Å²) < 4.78 is 5.65. The number of nitrogens with zero attached hydrogens (tertiary/aromatic N) is 1. The Bertz CT molecular complexity index is 457. The lowest BCUT2D eigenvalue weighted by molar-refractivity contribution is 0.205. The number of likely N-dealkylation sites (tertiary alicyclic amines) is 1. The lowest BCUT2D eigenvalue weighted by Gasteiger charge is -2.19. The third-order valence-electron chi connectivity index (χ3n) is 3.76. The van der Waals surface area contributed by atoms with Crippen molar-refractivity contribution in [2.24, 2.45) is 0 Å². The maximum atomic E-state index is 11.8. The molecule has 4 nitrogen and oxygen atoms in total. The normalized spacial score (nSPS) is 15.1. The monoisotopic (exact) mass is 290 g/mol. The van der Waals surface area contributed by atoms with Gasteiger partial charge < -0.3 is 15.0 Å². The molecule has 4 heteroatoms. The number of carbonyl (C=O) groups is 1. The molecule has 0 saturated carbocycles. The SMILES string of the molecule is CC(C)(C)c1ccc(OCCNC(=O)N2CCCC2)cc1. The fourth-order valence-corrected chi connectivity index (χ4v) is 2.41. The number of benzene rings is 1. The Morgan fingerprint density at radius 2 is 1.81 bits per heavy atom. The van der Waals surface area contributed by atoms with Crippen molar-refractivity contribution in [2.45, 2.75) is 39.0 Å². The zero-order chi connectivity index (χ0) is 15.3. The van der Waals surface area contributed by atoms with Gasteiger partial charge in [0.15, 0.2) is 0 Å². The van der Waals surface area contributed by atoms with E-state index in [0.717, 1.165) is 31.7 Å². The summed E-state index contributed by atoms with van der Waals surface area (Å²) in [5.74, 6) is 0.846. The second-order valence-electron chi connectivity index (χ2n) is 6.55.